The van der Waals surface area contributed by atoms with Crippen LogP contribution < -0.4 is 5.32 Å². The van der Waals surface area contributed by atoms with E-state index < -0.39 is 0 Å². The largest absolute Gasteiger partial charge is 0.378 e. The summed E-state index contributed by atoms with van der Waals surface area (Å²) in [5, 5.41) is 7.32. The Kier molecular flexibility index (Phi) is 3.17. The third kappa shape index (κ3) is 2.01. The molecule has 2 heteroatoms. The Morgan fingerprint density at radius 3 is 2.67 bits per heavy atom. The number of allylic oxidation sites excluding steroid dienone is 2. The average Bonchev–Trinajstić information content (AvgIpc) is 3.11. The Morgan fingerprint density at radius 2 is 1.75 bits per heavy atom. The first-order valence-corrected chi connectivity index (χ1v) is 8.90. The number of halogens is 1. The summed E-state index contributed by atoms with van der Waals surface area (Å²) in [4.78, 5) is 0. The second-order valence-electron chi connectivity index (χ2n) is 6.74. The molecule has 0 saturated carbocycles. The summed E-state index contributed by atoms with van der Waals surface area (Å²) in [5.41, 5.74) is 3.89. The number of nitrogens with one attached hydrogen (secondary N) is 1. The summed E-state index contributed by atoms with van der Waals surface area (Å²) in [6, 6.07) is 21.6. The molecule has 0 unspecified atom stereocenters. The molecule has 3 aromatic carbocycles. The monoisotopic (exact) mass is 331 g/mol. The van der Waals surface area contributed by atoms with Gasteiger partial charge in [-0.3, -0.25) is 0 Å². The smallest absolute Gasteiger partial charge is 0.0568 e. The van der Waals surface area contributed by atoms with Crippen LogP contribution in [0.5, 0.6) is 0 Å². The first-order valence-electron chi connectivity index (χ1n) is 8.52. The highest BCUT2D eigenvalue weighted by molar-refractivity contribution is 6.31. The number of fused-ring (bicyclic) bond motifs is 5. The molecule has 0 radical (unpaired) electrons. The van der Waals surface area contributed by atoms with E-state index >= 15 is 0 Å². The molecule has 0 fully saturated rings. The molecule has 1 N–H and O–H groups in total. The summed E-state index contributed by atoms with van der Waals surface area (Å²) in [7, 11) is 0. The summed E-state index contributed by atoms with van der Waals surface area (Å²) in [5.74, 6) is 0.969. The van der Waals surface area contributed by atoms with Crippen LogP contribution in [0.3, 0.4) is 0 Å². The Bertz CT molecular complexity index is 959. The minimum absolute atomic E-state index is 0.257. The lowest BCUT2D eigenvalue weighted by molar-refractivity contribution is 0.427. The number of hydrogen-bond donors (Lipinski definition) is 1. The van der Waals surface area contributed by atoms with Crippen LogP contribution in [0.15, 0.2) is 72.8 Å². The number of anilines is 1. The van der Waals surface area contributed by atoms with Gasteiger partial charge in [0.15, 0.2) is 0 Å². The highest BCUT2D eigenvalue weighted by Gasteiger charge is 2.39. The number of hydrogen-bond acceptors (Lipinski definition) is 1. The van der Waals surface area contributed by atoms with Crippen molar-refractivity contribution in [3.05, 3.63) is 89.0 Å². The maximum absolute atomic E-state index is 6.51. The van der Waals surface area contributed by atoms with Gasteiger partial charge in [-0.15, -0.1) is 0 Å². The molecule has 24 heavy (non-hydrogen) atoms. The summed E-state index contributed by atoms with van der Waals surface area (Å²) < 4.78 is 0. The summed E-state index contributed by atoms with van der Waals surface area (Å²) in [6.07, 6.45) is 5.81. The summed E-state index contributed by atoms with van der Waals surface area (Å²) in [6.45, 7) is 0. The van der Waals surface area contributed by atoms with Gasteiger partial charge in [0.1, 0.15) is 0 Å². The molecular formula is C22H18ClN. The SMILES string of the molecule is Clc1ccccc1[C@@H]1Nc2ccc3ccccc3c2[C@@H]2C=CC[C@@H]21. The maximum Gasteiger partial charge on any atom is 0.0568 e. The van der Waals surface area contributed by atoms with Gasteiger partial charge in [0.2, 0.25) is 0 Å². The van der Waals surface area contributed by atoms with E-state index in [0.29, 0.717) is 11.8 Å². The zero-order valence-corrected chi connectivity index (χ0v) is 14.0. The fourth-order valence-corrected chi connectivity index (χ4v) is 4.67. The second-order valence-corrected chi connectivity index (χ2v) is 7.15. The molecule has 0 spiro atoms. The van der Waals surface area contributed by atoms with Gasteiger partial charge in [0.05, 0.1) is 6.04 Å². The van der Waals surface area contributed by atoms with Gasteiger partial charge in [-0.05, 0) is 46.4 Å². The average molecular weight is 332 g/mol. The van der Waals surface area contributed by atoms with Gasteiger partial charge in [-0.25, -0.2) is 0 Å². The minimum atomic E-state index is 0.257. The number of rotatable bonds is 1. The van der Waals surface area contributed by atoms with Crippen LogP contribution in [0.2, 0.25) is 5.02 Å². The zero-order valence-electron chi connectivity index (χ0n) is 13.2. The Labute approximate surface area is 147 Å². The van der Waals surface area contributed by atoms with Crippen molar-refractivity contribution in [3.63, 3.8) is 0 Å². The van der Waals surface area contributed by atoms with E-state index in [1.54, 1.807) is 0 Å². The molecule has 2 aliphatic rings. The molecule has 3 atom stereocenters. The lowest BCUT2D eigenvalue weighted by Crippen LogP contribution is -2.29. The van der Waals surface area contributed by atoms with Gasteiger partial charge in [-0.2, -0.15) is 0 Å². The second kappa shape index (κ2) is 5.39. The van der Waals surface area contributed by atoms with Crippen LogP contribution in [0, 0.1) is 5.92 Å². The molecule has 1 aliphatic carbocycles. The van der Waals surface area contributed by atoms with E-state index in [0.717, 1.165) is 11.4 Å². The van der Waals surface area contributed by atoms with Gasteiger partial charge in [-0.1, -0.05) is 72.3 Å². The lowest BCUT2D eigenvalue weighted by Gasteiger charge is -2.38. The van der Waals surface area contributed by atoms with E-state index in [1.165, 1.54) is 27.6 Å². The van der Waals surface area contributed by atoms with Gasteiger partial charge in [0, 0.05) is 16.6 Å². The topological polar surface area (TPSA) is 12.0 Å². The van der Waals surface area contributed by atoms with Crippen molar-refractivity contribution >= 4 is 28.1 Å². The molecule has 1 heterocycles. The minimum Gasteiger partial charge on any atom is -0.378 e. The quantitative estimate of drug-likeness (QED) is 0.514. The summed E-state index contributed by atoms with van der Waals surface area (Å²) >= 11 is 6.51. The van der Waals surface area contributed by atoms with E-state index in [9.17, 15) is 0 Å². The van der Waals surface area contributed by atoms with E-state index in [-0.39, 0.29) is 6.04 Å². The Balaban J connectivity index is 1.71. The molecule has 0 bridgehead atoms. The molecule has 5 rings (SSSR count). The molecular weight excluding hydrogens is 314 g/mol. The molecule has 1 aliphatic heterocycles. The van der Waals surface area contributed by atoms with Crippen LogP contribution in [0.1, 0.15) is 29.5 Å². The van der Waals surface area contributed by atoms with Gasteiger partial charge in [0.25, 0.3) is 0 Å². The van der Waals surface area contributed by atoms with Gasteiger partial charge < -0.3 is 5.32 Å². The van der Waals surface area contributed by atoms with Gasteiger partial charge >= 0.3 is 0 Å². The van der Waals surface area contributed by atoms with Crippen molar-refractivity contribution in [3.8, 4) is 0 Å². The predicted octanol–water partition coefficient (Wildman–Crippen LogP) is 6.32. The zero-order chi connectivity index (χ0) is 16.1. The highest BCUT2D eigenvalue weighted by atomic mass is 35.5. The molecule has 0 aromatic heterocycles. The fourth-order valence-electron chi connectivity index (χ4n) is 4.42. The van der Waals surface area contributed by atoms with Crippen molar-refractivity contribution in [2.45, 2.75) is 18.4 Å². The van der Waals surface area contributed by atoms with Crippen molar-refractivity contribution < 1.29 is 0 Å². The third-order valence-corrected chi connectivity index (χ3v) is 5.84. The Morgan fingerprint density at radius 1 is 0.917 bits per heavy atom. The van der Waals surface area contributed by atoms with Crippen LogP contribution in [-0.2, 0) is 0 Å². The van der Waals surface area contributed by atoms with Crippen LogP contribution in [0.25, 0.3) is 10.8 Å². The predicted molar refractivity (Wildman–Crippen MR) is 102 cm³/mol. The maximum atomic E-state index is 6.51. The van der Waals surface area contributed by atoms with Crippen molar-refractivity contribution in [1.29, 1.82) is 0 Å². The first kappa shape index (κ1) is 14.1. The van der Waals surface area contributed by atoms with Crippen LogP contribution in [0.4, 0.5) is 5.69 Å². The Hall–Kier alpha value is -2.25. The molecule has 3 aromatic rings. The fraction of sp³-hybridized carbons (Fsp3) is 0.182. The van der Waals surface area contributed by atoms with Crippen molar-refractivity contribution in [1.82, 2.24) is 0 Å². The molecule has 0 saturated heterocycles. The van der Waals surface area contributed by atoms with E-state index in [1.807, 2.05) is 12.1 Å². The molecule has 0 amide bonds. The first-order chi connectivity index (χ1) is 11.8. The highest BCUT2D eigenvalue weighted by Crippen LogP contribution is 2.52. The van der Waals surface area contributed by atoms with Crippen LogP contribution in [-0.4, -0.2) is 0 Å². The van der Waals surface area contributed by atoms with E-state index in [2.05, 4.69) is 66.0 Å². The molecule has 118 valence electrons. The third-order valence-electron chi connectivity index (χ3n) is 5.50. The lowest BCUT2D eigenvalue weighted by atomic mass is 9.75. The standard InChI is InChI=1S/C22H18ClN/c23-19-11-4-3-8-18(19)22-17-10-5-9-16(17)21-15-7-2-1-6-14(15)12-13-20(21)24-22/h1-9,11-13,16-17,22,24H,10H2/t16-,17+,22-/m1/s1. The molecule has 1 nitrogen and oxygen atoms in total. The normalized spacial score (nSPS) is 24.5. The van der Waals surface area contributed by atoms with E-state index in [4.69, 9.17) is 11.6 Å². The van der Waals surface area contributed by atoms with Crippen molar-refractivity contribution in [2.75, 3.05) is 5.32 Å². The number of benzene rings is 3. The van der Waals surface area contributed by atoms with Crippen LogP contribution >= 0.6 is 11.6 Å². The van der Waals surface area contributed by atoms with Crippen molar-refractivity contribution in [2.24, 2.45) is 5.92 Å².